The fourth-order valence-electron chi connectivity index (χ4n) is 2.12. The topological polar surface area (TPSA) is 65.0 Å². The van der Waals surface area contributed by atoms with Gasteiger partial charge in [0, 0.05) is 5.56 Å². The molecular weight excluding hydrogens is 344 g/mol. The van der Waals surface area contributed by atoms with Crippen LogP contribution >= 0.6 is 0 Å². The number of phenolic OH excluding ortho intramolecular Hbond substituents is 1. The first kappa shape index (κ1) is 19.8. The number of carbonyl (C=O) groups is 1. The van der Waals surface area contributed by atoms with Gasteiger partial charge in [0.05, 0.1) is 14.2 Å². The van der Waals surface area contributed by atoms with Crippen LogP contribution in [0, 0.1) is 0 Å². The first-order valence-corrected chi connectivity index (χ1v) is 8.27. The Labute approximate surface area is 158 Å². The number of hydrogen-bond acceptors (Lipinski definition) is 5. The van der Waals surface area contributed by atoms with Gasteiger partial charge in [-0.05, 0) is 79.7 Å². The molecule has 0 saturated carbocycles. The molecular formula is C22H22O5. The van der Waals surface area contributed by atoms with Crippen LogP contribution in [0.2, 0.25) is 0 Å². The minimum absolute atomic E-state index is 0.0472. The Balaban J connectivity index is 0.000000244. The summed E-state index contributed by atoms with van der Waals surface area (Å²) in [5.74, 6) is 3.28. The summed E-state index contributed by atoms with van der Waals surface area (Å²) in [6.45, 7) is 1.54. The molecule has 0 spiro atoms. The average Bonchev–Trinajstić information content (AvgIpc) is 2.70. The monoisotopic (exact) mass is 366 g/mol. The molecule has 140 valence electrons. The molecule has 0 aliphatic rings. The van der Waals surface area contributed by atoms with Crippen LogP contribution in [0.3, 0.4) is 0 Å². The van der Waals surface area contributed by atoms with Crippen molar-refractivity contribution in [3.8, 4) is 28.7 Å². The lowest BCUT2D eigenvalue weighted by atomic mass is 10.1. The summed E-state index contributed by atoms with van der Waals surface area (Å²) >= 11 is 0. The molecule has 5 nitrogen and oxygen atoms in total. The van der Waals surface area contributed by atoms with Gasteiger partial charge in [-0.25, -0.2) is 0 Å². The summed E-state index contributed by atoms with van der Waals surface area (Å²) in [7, 11) is 3.21. The molecule has 0 heterocycles. The molecule has 0 atom stereocenters. The van der Waals surface area contributed by atoms with Gasteiger partial charge in [0.1, 0.15) is 28.7 Å². The zero-order valence-electron chi connectivity index (χ0n) is 15.5. The normalized spacial score (nSPS) is 9.59. The minimum Gasteiger partial charge on any atom is -0.508 e. The maximum Gasteiger partial charge on any atom is 0.159 e. The van der Waals surface area contributed by atoms with Gasteiger partial charge in [0.2, 0.25) is 0 Å². The fourth-order valence-corrected chi connectivity index (χ4v) is 2.12. The van der Waals surface area contributed by atoms with Crippen molar-refractivity contribution in [3.05, 3.63) is 78.4 Å². The third kappa shape index (κ3) is 6.40. The Morgan fingerprint density at radius 1 is 0.667 bits per heavy atom. The second-order valence-corrected chi connectivity index (χ2v) is 5.56. The third-order valence-electron chi connectivity index (χ3n) is 3.63. The number of methoxy groups -OCH3 is 2. The summed E-state index contributed by atoms with van der Waals surface area (Å²) < 4.78 is 15.6. The van der Waals surface area contributed by atoms with Gasteiger partial charge in [0.15, 0.2) is 5.78 Å². The quantitative estimate of drug-likeness (QED) is 0.637. The van der Waals surface area contributed by atoms with E-state index in [1.54, 1.807) is 69.7 Å². The maximum absolute atomic E-state index is 11.1. The zero-order chi connectivity index (χ0) is 19.6. The van der Waals surface area contributed by atoms with Crippen molar-refractivity contribution in [2.45, 2.75) is 6.92 Å². The van der Waals surface area contributed by atoms with Crippen LogP contribution in [0.25, 0.3) is 0 Å². The Bertz CT molecular complexity index is 837. The van der Waals surface area contributed by atoms with E-state index in [1.165, 1.54) is 0 Å². The van der Waals surface area contributed by atoms with E-state index in [0.29, 0.717) is 11.3 Å². The van der Waals surface area contributed by atoms with Crippen molar-refractivity contribution in [3.63, 3.8) is 0 Å². The van der Waals surface area contributed by atoms with E-state index < -0.39 is 0 Å². The predicted octanol–water partition coefficient (Wildman–Crippen LogP) is 5.09. The number of Topliss-reactive ketones (excluding diaryl/α,β-unsaturated/α-hetero) is 1. The van der Waals surface area contributed by atoms with Crippen molar-refractivity contribution in [2.24, 2.45) is 0 Å². The first-order valence-electron chi connectivity index (χ1n) is 8.27. The van der Waals surface area contributed by atoms with E-state index in [2.05, 4.69) is 0 Å². The fraction of sp³-hybridized carbons (Fsp3) is 0.136. The summed E-state index contributed by atoms with van der Waals surface area (Å²) in [4.78, 5) is 11.1. The first-order chi connectivity index (χ1) is 13.0. The number of ether oxygens (including phenoxy) is 3. The highest BCUT2D eigenvalue weighted by molar-refractivity contribution is 5.94. The van der Waals surface area contributed by atoms with Gasteiger partial charge in [-0.15, -0.1) is 0 Å². The highest BCUT2D eigenvalue weighted by Gasteiger charge is 2.01. The number of carbonyl (C=O) groups excluding carboxylic acids is 1. The van der Waals surface area contributed by atoms with Crippen LogP contribution in [-0.4, -0.2) is 25.1 Å². The Morgan fingerprint density at radius 2 is 1.04 bits per heavy atom. The lowest BCUT2D eigenvalue weighted by Gasteiger charge is -2.06. The van der Waals surface area contributed by atoms with Crippen molar-refractivity contribution < 1.29 is 24.1 Å². The van der Waals surface area contributed by atoms with Gasteiger partial charge in [-0.1, -0.05) is 0 Å². The van der Waals surface area contributed by atoms with Crippen molar-refractivity contribution in [1.82, 2.24) is 0 Å². The van der Waals surface area contributed by atoms with E-state index in [4.69, 9.17) is 19.3 Å². The standard InChI is InChI=1S/C15H14O3.C7H8O2/c1-11(16)12-3-5-14(6-4-12)18-15-9-7-13(17-2)8-10-15;1-9-7-4-2-6(8)3-5-7/h3-10H,1-2H3;2-5,8H,1H3. The number of ketones is 1. The molecule has 0 saturated heterocycles. The van der Waals surface area contributed by atoms with Gasteiger partial charge in [-0.3, -0.25) is 4.79 Å². The van der Waals surface area contributed by atoms with Gasteiger partial charge in [-0.2, -0.15) is 0 Å². The molecule has 3 aromatic rings. The smallest absolute Gasteiger partial charge is 0.159 e. The highest BCUT2D eigenvalue weighted by Crippen LogP contribution is 2.24. The van der Waals surface area contributed by atoms with Crippen molar-refractivity contribution in [1.29, 1.82) is 0 Å². The van der Waals surface area contributed by atoms with Crippen molar-refractivity contribution >= 4 is 5.78 Å². The number of benzene rings is 3. The molecule has 1 N–H and O–H groups in total. The SMILES string of the molecule is COc1ccc(O)cc1.COc1ccc(Oc2ccc(C(C)=O)cc2)cc1. The van der Waals surface area contributed by atoms with Crippen LogP contribution < -0.4 is 14.2 Å². The molecule has 0 amide bonds. The zero-order valence-corrected chi connectivity index (χ0v) is 15.5. The molecule has 0 aromatic heterocycles. The lowest BCUT2D eigenvalue weighted by Crippen LogP contribution is -1.91. The second-order valence-electron chi connectivity index (χ2n) is 5.56. The van der Waals surface area contributed by atoms with E-state index in [-0.39, 0.29) is 11.5 Å². The number of phenols is 1. The minimum atomic E-state index is 0.0472. The van der Waals surface area contributed by atoms with E-state index in [1.807, 2.05) is 24.3 Å². The number of rotatable bonds is 5. The molecule has 27 heavy (non-hydrogen) atoms. The van der Waals surface area contributed by atoms with E-state index >= 15 is 0 Å². The third-order valence-corrected chi connectivity index (χ3v) is 3.63. The molecule has 3 rings (SSSR count). The summed E-state index contributed by atoms with van der Waals surface area (Å²) in [6.07, 6.45) is 0. The molecule has 0 bridgehead atoms. The summed E-state index contributed by atoms with van der Waals surface area (Å²) in [5.41, 5.74) is 0.678. The molecule has 5 heteroatoms. The summed E-state index contributed by atoms with van der Waals surface area (Å²) in [6, 6.07) is 21.0. The van der Waals surface area contributed by atoms with E-state index in [0.717, 1.165) is 17.2 Å². The molecule has 3 aromatic carbocycles. The van der Waals surface area contributed by atoms with Crippen LogP contribution in [-0.2, 0) is 0 Å². The van der Waals surface area contributed by atoms with Gasteiger partial charge >= 0.3 is 0 Å². The maximum atomic E-state index is 11.1. The summed E-state index contributed by atoms with van der Waals surface area (Å²) in [5, 5.41) is 8.80. The lowest BCUT2D eigenvalue weighted by molar-refractivity contribution is 0.101. The molecule has 0 unspecified atom stereocenters. The van der Waals surface area contributed by atoms with Gasteiger partial charge < -0.3 is 19.3 Å². The van der Waals surface area contributed by atoms with Crippen LogP contribution in [0.15, 0.2) is 72.8 Å². The number of hydrogen-bond donors (Lipinski definition) is 1. The number of aromatic hydroxyl groups is 1. The van der Waals surface area contributed by atoms with Crippen LogP contribution in [0.4, 0.5) is 0 Å². The highest BCUT2D eigenvalue weighted by atomic mass is 16.5. The molecule has 0 aliphatic heterocycles. The van der Waals surface area contributed by atoms with Crippen LogP contribution in [0.5, 0.6) is 28.7 Å². The Hall–Kier alpha value is -3.47. The van der Waals surface area contributed by atoms with Crippen molar-refractivity contribution in [2.75, 3.05) is 14.2 Å². The second kappa shape index (κ2) is 9.87. The molecule has 0 aliphatic carbocycles. The molecule has 0 fully saturated rings. The van der Waals surface area contributed by atoms with Gasteiger partial charge in [0.25, 0.3) is 0 Å². The molecule has 0 radical (unpaired) electrons. The Kier molecular flexibility index (Phi) is 7.26. The predicted molar refractivity (Wildman–Crippen MR) is 104 cm³/mol. The van der Waals surface area contributed by atoms with E-state index in [9.17, 15) is 4.79 Å². The largest absolute Gasteiger partial charge is 0.508 e. The average molecular weight is 366 g/mol. The Morgan fingerprint density at radius 3 is 1.44 bits per heavy atom. The van der Waals surface area contributed by atoms with Crippen LogP contribution in [0.1, 0.15) is 17.3 Å².